The van der Waals surface area contributed by atoms with Crippen LogP contribution in [0.4, 0.5) is 5.69 Å². The monoisotopic (exact) mass is 319 g/mol. The summed E-state index contributed by atoms with van der Waals surface area (Å²) in [5, 5.41) is 0.755. The standard InChI is InChI=1S/C16H11Cl2NO2/c1-8-3-4-9(2)14-13(8)15(20)19(16(14)21)12-6-10(17)5-11(18)7-12/h3-7H,1-2H3. The van der Waals surface area contributed by atoms with Gasteiger partial charge in [-0.25, -0.2) is 4.90 Å². The topological polar surface area (TPSA) is 37.4 Å². The molecule has 106 valence electrons. The van der Waals surface area contributed by atoms with Crippen LogP contribution in [0.3, 0.4) is 0 Å². The highest BCUT2D eigenvalue weighted by Crippen LogP contribution is 2.34. The van der Waals surface area contributed by atoms with E-state index in [2.05, 4.69) is 0 Å². The van der Waals surface area contributed by atoms with E-state index in [-0.39, 0.29) is 11.8 Å². The van der Waals surface area contributed by atoms with Crippen LogP contribution in [-0.2, 0) is 0 Å². The Balaban J connectivity index is 2.20. The summed E-state index contributed by atoms with van der Waals surface area (Å²) in [6.07, 6.45) is 0. The lowest BCUT2D eigenvalue weighted by Gasteiger charge is -2.14. The first kappa shape index (κ1) is 14.1. The molecule has 1 aliphatic rings. The molecule has 0 fully saturated rings. The first-order valence-electron chi connectivity index (χ1n) is 6.35. The Bertz CT molecular complexity index is 738. The van der Waals surface area contributed by atoms with E-state index in [4.69, 9.17) is 23.2 Å². The molecule has 3 rings (SSSR count). The molecule has 0 N–H and O–H groups in total. The van der Waals surface area contributed by atoms with E-state index in [1.54, 1.807) is 18.2 Å². The summed E-state index contributed by atoms with van der Waals surface area (Å²) in [4.78, 5) is 26.4. The Hall–Kier alpha value is -1.84. The van der Waals surface area contributed by atoms with Crippen LogP contribution in [0.25, 0.3) is 0 Å². The van der Waals surface area contributed by atoms with Gasteiger partial charge in [-0.05, 0) is 43.2 Å². The quantitative estimate of drug-likeness (QED) is 0.730. The Morgan fingerprint density at radius 3 is 1.67 bits per heavy atom. The van der Waals surface area contributed by atoms with E-state index in [1.165, 1.54) is 0 Å². The summed E-state index contributed by atoms with van der Waals surface area (Å²) < 4.78 is 0. The number of rotatable bonds is 1. The number of aryl methyl sites for hydroxylation is 2. The minimum Gasteiger partial charge on any atom is -0.268 e. The molecule has 2 aromatic carbocycles. The average molecular weight is 320 g/mol. The van der Waals surface area contributed by atoms with Crippen molar-refractivity contribution in [3.63, 3.8) is 0 Å². The molecule has 0 saturated heterocycles. The Morgan fingerprint density at radius 2 is 1.24 bits per heavy atom. The largest absolute Gasteiger partial charge is 0.268 e. The third-order valence-electron chi connectivity index (χ3n) is 3.56. The zero-order valence-corrected chi connectivity index (χ0v) is 12.9. The highest BCUT2D eigenvalue weighted by molar-refractivity contribution is 6.38. The van der Waals surface area contributed by atoms with E-state index in [0.717, 1.165) is 16.0 Å². The summed E-state index contributed by atoms with van der Waals surface area (Å²) in [6.45, 7) is 3.63. The minimum absolute atomic E-state index is 0.338. The normalized spacial score (nSPS) is 13.8. The molecule has 0 unspecified atom stereocenters. The molecular formula is C16H11Cl2NO2. The number of halogens is 2. The van der Waals surface area contributed by atoms with Gasteiger partial charge in [-0.15, -0.1) is 0 Å². The molecule has 1 aliphatic heterocycles. The van der Waals surface area contributed by atoms with Gasteiger partial charge in [0.2, 0.25) is 0 Å². The van der Waals surface area contributed by atoms with E-state index in [0.29, 0.717) is 26.9 Å². The number of hydrogen-bond acceptors (Lipinski definition) is 2. The van der Waals surface area contributed by atoms with Crippen LogP contribution >= 0.6 is 23.2 Å². The zero-order chi connectivity index (χ0) is 15.3. The Labute approximate surface area is 132 Å². The summed E-state index contributed by atoms with van der Waals surface area (Å²) >= 11 is 11.9. The summed E-state index contributed by atoms with van der Waals surface area (Å²) in [5.74, 6) is -0.677. The van der Waals surface area contributed by atoms with Gasteiger partial charge in [0.1, 0.15) is 0 Å². The molecule has 1 heterocycles. The van der Waals surface area contributed by atoms with Crippen molar-refractivity contribution in [2.75, 3.05) is 4.90 Å². The van der Waals surface area contributed by atoms with E-state index in [1.807, 2.05) is 26.0 Å². The number of hydrogen-bond donors (Lipinski definition) is 0. The number of amides is 2. The fourth-order valence-corrected chi connectivity index (χ4v) is 3.10. The highest BCUT2D eigenvalue weighted by atomic mass is 35.5. The van der Waals surface area contributed by atoms with Crippen molar-refractivity contribution in [3.05, 3.63) is 62.6 Å². The van der Waals surface area contributed by atoms with E-state index in [9.17, 15) is 9.59 Å². The molecule has 0 aromatic heterocycles. The maximum absolute atomic E-state index is 12.6. The second-order valence-corrected chi connectivity index (χ2v) is 5.90. The molecule has 3 nitrogen and oxygen atoms in total. The van der Waals surface area contributed by atoms with E-state index < -0.39 is 0 Å². The van der Waals surface area contributed by atoms with Crippen molar-refractivity contribution in [2.45, 2.75) is 13.8 Å². The van der Waals surface area contributed by atoms with Crippen molar-refractivity contribution in [1.29, 1.82) is 0 Å². The van der Waals surface area contributed by atoms with Crippen molar-refractivity contribution >= 4 is 40.7 Å². The molecule has 0 spiro atoms. The van der Waals surface area contributed by atoms with Crippen LogP contribution in [0.2, 0.25) is 10.0 Å². The molecular weight excluding hydrogens is 309 g/mol. The van der Waals surface area contributed by atoms with Crippen molar-refractivity contribution in [1.82, 2.24) is 0 Å². The van der Waals surface area contributed by atoms with Crippen LogP contribution in [0, 0.1) is 13.8 Å². The molecule has 2 amide bonds. The van der Waals surface area contributed by atoms with Gasteiger partial charge in [0.25, 0.3) is 11.8 Å². The van der Waals surface area contributed by atoms with Gasteiger partial charge in [0.05, 0.1) is 16.8 Å². The Kier molecular flexibility index (Phi) is 3.27. The number of carbonyl (C=O) groups excluding carboxylic acids is 2. The van der Waals surface area contributed by atoms with Crippen LogP contribution in [-0.4, -0.2) is 11.8 Å². The van der Waals surface area contributed by atoms with E-state index >= 15 is 0 Å². The molecule has 0 saturated carbocycles. The zero-order valence-electron chi connectivity index (χ0n) is 11.4. The number of imide groups is 1. The predicted molar refractivity (Wildman–Crippen MR) is 83.5 cm³/mol. The minimum atomic E-state index is -0.338. The number of benzene rings is 2. The fourth-order valence-electron chi connectivity index (χ4n) is 2.58. The molecule has 0 aliphatic carbocycles. The molecule has 0 radical (unpaired) electrons. The van der Waals surface area contributed by atoms with Crippen LogP contribution in [0.1, 0.15) is 31.8 Å². The summed E-state index contributed by atoms with van der Waals surface area (Å²) in [7, 11) is 0. The van der Waals surface area contributed by atoms with Gasteiger partial charge in [0, 0.05) is 10.0 Å². The number of carbonyl (C=O) groups is 2. The SMILES string of the molecule is Cc1ccc(C)c2c1C(=O)N(c1cc(Cl)cc(Cl)c1)C2=O. The lowest BCUT2D eigenvalue weighted by Crippen LogP contribution is -2.29. The van der Waals surface area contributed by atoms with Gasteiger partial charge >= 0.3 is 0 Å². The summed E-state index contributed by atoms with van der Waals surface area (Å²) in [6, 6.07) is 8.35. The molecule has 0 atom stereocenters. The third-order valence-corrected chi connectivity index (χ3v) is 4.00. The van der Waals surface area contributed by atoms with Crippen LogP contribution in [0.15, 0.2) is 30.3 Å². The molecule has 21 heavy (non-hydrogen) atoms. The average Bonchev–Trinajstić information content (AvgIpc) is 2.66. The second kappa shape index (κ2) is 4.86. The number of anilines is 1. The highest BCUT2D eigenvalue weighted by Gasteiger charge is 2.39. The Morgan fingerprint density at radius 1 is 0.810 bits per heavy atom. The van der Waals surface area contributed by atoms with Gasteiger partial charge in [-0.3, -0.25) is 9.59 Å². The predicted octanol–water partition coefficient (Wildman–Crippen LogP) is 4.41. The first-order valence-corrected chi connectivity index (χ1v) is 7.11. The van der Waals surface area contributed by atoms with Gasteiger partial charge < -0.3 is 0 Å². The van der Waals surface area contributed by atoms with Gasteiger partial charge in [-0.2, -0.15) is 0 Å². The van der Waals surface area contributed by atoms with Crippen molar-refractivity contribution in [3.8, 4) is 0 Å². The maximum atomic E-state index is 12.6. The maximum Gasteiger partial charge on any atom is 0.266 e. The smallest absolute Gasteiger partial charge is 0.266 e. The fraction of sp³-hybridized carbons (Fsp3) is 0.125. The number of nitrogens with zero attached hydrogens (tertiary/aromatic N) is 1. The third kappa shape index (κ3) is 2.13. The lowest BCUT2D eigenvalue weighted by molar-refractivity contribution is 0.0926. The van der Waals surface area contributed by atoms with Crippen LogP contribution < -0.4 is 4.90 Å². The van der Waals surface area contributed by atoms with Gasteiger partial charge in [-0.1, -0.05) is 35.3 Å². The first-order chi connectivity index (χ1) is 9.90. The molecule has 0 bridgehead atoms. The van der Waals surface area contributed by atoms with Crippen molar-refractivity contribution in [2.24, 2.45) is 0 Å². The summed E-state index contributed by atoms with van der Waals surface area (Å²) in [5.41, 5.74) is 2.86. The molecule has 2 aromatic rings. The lowest BCUT2D eigenvalue weighted by atomic mass is 9.99. The molecule has 5 heteroatoms. The van der Waals surface area contributed by atoms with Gasteiger partial charge in [0.15, 0.2) is 0 Å². The van der Waals surface area contributed by atoms with Crippen molar-refractivity contribution < 1.29 is 9.59 Å². The van der Waals surface area contributed by atoms with Crippen LogP contribution in [0.5, 0.6) is 0 Å². The second-order valence-electron chi connectivity index (χ2n) is 5.02. The number of fused-ring (bicyclic) bond motifs is 1.